The Morgan fingerprint density at radius 3 is 2.67 bits per heavy atom. The van der Waals surface area contributed by atoms with Gasteiger partial charge in [-0.15, -0.1) is 10.2 Å². The van der Waals surface area contributed by atoms with Crippen LogP contribution in [0.25, 0.3) is 22.2 Å². The van der Waals surface area contributed by atoms with Gasteiger partial charge in [0.2, 0.25) is 0 Å². The molecule has 152 valence electrons. The summed E-state index contributed by atoms with van der Waals surface area (Å²) >= 11 is 0. The maximum absolute atomic E-state index is 12.8. The summed E-state index contributed by atoms with van der Waals surface area (Å²) < 4.78 is 38.3. The summed E-state index contributed by atoms with van der Waals surface area (Å²) in [5.41, 5.74) is 4.74. The molecule has 0 saturated heterocycles. The van der Waals surface area contributed by atoms with Crippen LogP contribution in [0.4, 0.5) is 13.2 Å². The van der Waals surface area contributed by atoms with Gasteiger partial charge in [0.15, 0.2) is 5.69 Å². The SMILES string of the molecule is CN1Cc2cc(-c3ccc(C(F)(F)F)nn3)ccc2C(c2ccc3cn[nH]c3c2)C1. The van der Waals surface area contributed by atoms with Crippen molar-refractivity contribution in [2.75, 3.05) is 13.6 Å². The first-order chi connectivity index (χ1) is 14.4. The Kier molecular flexibility index (Phi) is 4.32. The molecule has 8 heteroatoms. The zero-order valence-corrected chi connectivity index (χ0v) is 16.1. The smallest absolute Gasteiger partial charge is 0.301 e. The summed E-state index contributed by atoms with van der Waals surface area (Å²) in [4.78, 5) is 2.24. The molecule has 1 unspecified atom stereocenters. The lowest BCUT2D eigenvalue weighted by Gasteiger charge is -2.33. The third kappa shape index (κ3) is 3.33. The molecule has 0 radical (unpaired) electrons. The van der Waals surface area contributed by atoms with Crippen molar-refractivity contribution in [1.29, 1.82) is 0 Å². The van der Waals surface area contributed by atoms with Crippen molar-refractivity contribution >= 4 is 10.9 Å². The van der Waals surface area contributed by atoms with Gasteiger partial charge in [0.1, 0.15) is 0 Å². The van der Waals surface area contributed by atoms with E-state index in [-0.39, 0.29) is 5.92 Å². The minimum atomic E-state index is -4.49. The molecule has 1 aliphatic rings. The van der Waals surface area contributed by atoms with E-state index in [1.165, 1.54) is 17.2 Å². The second-order valence-corrected chi connectivity index (χ2v) is 7.68. The number of hydrogen-bond acceptors (Lipinski definition) is 4. The Morgan fingerprint density at radius 1 is 1.03 bits per heavy atom. The minimum Gasteiger partial charge on any atom is -0.301 e. The Morgan fingerprint density at radius 2 is 1.90 bits per heavy atom. The fraction of sp³-hybridized carbons (Fsp3) is 0.227. The third-order valence-corrected chi connectivity index (χ3v) is 5.57. The fourth-order valence-electron chi connectivity index (χ4n) is 4.10. The molecule has 0 saturated carbocycles. The molecule has 2 aromatic heterocycles. The van der Waals surface area contributed by atoms with Crippen LogP contribution in [0.15, 0.2) is 54.7 Å². The molecule has 5 rings (SSSR count). The highest BCUT2D eigenvalue weighted by Crippen LogP contribution is 2.36. The maximum atomic E-state index is 12.8. The van der Waals surface area contributed by atoms with Crippen LogP contribution in [0, 0.1) is 0 Å². The summed E-state index contributed by atoms with van der Waals surface area (Å²) in [6.07, 6.45) is -2.69. The van der Waals surface area contributed by atoms with Crippen molar-refractivity contribution in [2.45, 2.75) is 18.6 Å². The molecule has 1 aliphatic heterocycles. The Bertz CT molecular complexity index is 1210. The van der Waals surface area contributed by atoms with Crippen molar-refractivity contribution in [3.63, 3.8) is 0 Å². The molecule has 0 aliphatic carbocycles. The molecule has 1 atom stereocenters. The van der Waals surface area contributed by atoms with Crippen LogP contribution in [-0.2, 0) is 12.7 Å². The lowest BCUT2D eigenvalue weighted by Crippen LogP contribution is -2.31. The summed E-state index contributed by atoms with van der Waals surface area (Å²) in [5, 5.41) is 15.3. The third-order valence-electron chi connectivity index (χ3n) is 5.57. The lowest BCUT2D eigenvalue weighted by atomic mass is 9.83. The van der Waals surface area contributed by atoms with Gasteiger partial charge in [-0.3, -0.25) is 5.10 Å². The zero-order chi connectivity index (χ0) is 20.9. The van der Waals surface area contributed by atoms with E-state index in [1.54, 1.807) is 6.20 Å². The number of benzene rings is 2. The molecule has 1 N–H and O–H groups in total. The van der Waals surface area contributed by atoms with Crippen molar-refractivity contribution in [1.82, 2.24) is 25.3 Å². The Balaban J connectivity index is 1.52. The number of likely N-dealkylation sites (N-methyl/N-ethyl adjacent to an activating group) is 1. The standard InChI is InChI=1S/C22H18F3N5/c1-30-11-16-8-14(19-6-7-21(29-28-19)22(23,24)25)4-5-17(16)18(12-30)13-2-3-15-10-26-27-20(15)9-13/h2-10,18H,11-12H2,1H3,(H,26,27). The fourth-order valence-corrected chi connectivity index (χ4v) is 4.10. The van der Waals surface area contributed by atoms with Gasteiger partial charge in [-0.1, -0.05) is 24.3 Å². The Hall–Kier alpha value is -3.26. The van der Waals surface area contributed by atoms with Crippen LogP contribution < -0.4 is 0 Å². The molecule has 2 aromatic carbocycles. The van der Waals surface area contributed by atoms with E-state index in [9.17, 15) is 13.2 Å². The molecule has 0 spiro atoms. The number of rotatable bonds is 2. The first kappa shape index (κ1) is 18.7. The number of aromatic amines is 1. The number of aromatic nitrogens is 4. The van der Waals surface area contributed by atoms with E-state index in [0.717, 1.165) is 41.2 Å². The largest absolute Gasteiger partial charge is 0.435 e. The molecule has 0 bridgehead atoms. The Labute approximate surface area is 170 Å². The summed E-state index contributed by atoms with van der Waals surface area (Å²) in [5.74, 6) is 0.194. The second kappa shape index (κ2) is 6.91. The van der Waals surface area contributed by atoms with Gasteiger partial charge in [0, 0.05) is 30.0 Å². The van der Waals surface area contributed by atoms with Crippen molar-refractivity contribution in [3.05, 3.63) is 77.1 Å². The van der Waals surface area contributed by atoms with E-state index in [1.807, 2.05) is 12.1 Å². The molecule has 4 aromatic rings. The minimum absolute atomic E-state index is 0.194. The average Bonchev–Trinajstić information content (AvgIpc) is 3.20. The van der Waals surface area contributed by atoms with Crippen LogP contribution in [-0.4, -0.2) is 38.9 Å². The first-order valence-electron chi connectivity index (χ1n) is 9.54. The number of alkyl halides is 3. The first-order valence-corrected chi connectivity index (χ1v) is 9.54. The highest BCUT2D eigenvalue weighted by molar-refractivity contribution is 5.78. The molecular weight excluding hydrogens is 391 g/mol. The highest BCUT2D eigenvalue weighted by atomic mass is 19.4. The molecule has 30 heavy (non-hydrogen) atoms. The lowest BCUT2D eigenvalue weighted by molar-refractivity contribution is -0.141. The second-order valence-electron chi connectivity index (χ2n) is 7.68. The molecule has 0 fully saturated rings. The van der Waals surface area contributed by atoms with Gasteiger partial charge in [0.25, 0.3) is 0 Å². The number of H-pyrrole nitrogens is 1. The summed E-state index contributed by atoms with van der Waals surface area (Å²) in [7, 11) is 2.06. The molecule has 3 heterocycles. The van der Waals surface area contributed by atoms with Crippen LogP contribution in [0.3, 0.4) is 0 Å². The van der Waals surface area contributed by atoms with Gasteiger partial charge in [-0.05, 0) is 48.0 Å². The van der Waals surface area contributed by atoms with Crippen molar-refractivity contribution < 1.29 is 13.2 Å². The van der Waals surface area contributed by atoms with Crippen molar-refractivity contribution in [2.24, 2.45) is 0 Å². The van der Waals surface area contributed by atoms with Gasteiger partial charge in [0.05, 0.1) is 17.4 Å². The predicted octanol–water partition coefficient (Wildman–Crippen LogP) is 4.62. The number of fused-ring (bicyclic) bond motifs is 2. The van der Waals surface area contributed by atoms with E-state index in [0.29, 0.717) is 5.69 Å². The summed E-state index contributed by atoms with van der Waals surface area (Å²) in [6, 6.07) is 14.6. The summed E-state index contributed by atoms with van der Waals surface area (Å²) in [6.45, 7) is 1.64. The monoisotopic (exact) mass is 409 g/mol. The maximum Gasteiger partial charge on any atom is 0.435 e. The van der Waals surface area contributed by atoms with Gasteiger partial charge in [-0.25, -0.2) is 0 Å². The van der Waals surface area contributed by atoms with Gasteiger partial charge in [-0.2, -0.15) is 18.3 Å². The van der Waals surface area contributed by atoms with Crippen LogP contribution in [0.2, 0.25) is 0 Å². The molecule has 5 nitrogen and oxygen atoms in total. The predicted molar refractivity (Wildman–Crippen MR) is 107 cm³/mol. The number of halogens is 3. The van der Waals surface area contributed by atoms with E-state index in [4.69, 9.17) is 0 Å². The van der Waals surface area contributed by atoms with Gasteiger partial charge < -0.3 is 4.90 Å². The van der Waals surface area contributed by atoms with E-state index < -0.39 is 11.9 Å². The number of hydrogen-bond donors (Lipinski definition) is 1. The normalized spacial score (nSPS) is 17.3. The quantitative estimate of drug-likeness (QED) is 0.525. The van der Waals surface area contributed by atoms with Crippen LogP contribution in [0.1, 0.15) is 28.3 Å². The van der Waals surface area contributed by atoms with Crippen LogP contribution in [0.5, 0.6) is 0 Å². The molecular formula is C22H18F3N5. The molecule has 0 amide bonds. The van der Waals surface area contributed by atoms with Gasteiger partial charge >= 0.3 is 6.18 Å². The topological polar surface area (TPSA) is 57.7 Å². The van der Waals surface area contributed by atoms with Crippen LogP contribution >= 0.6 is 0 Å². The average molecular weight is 409 g/mol. The van der Waals surface area contributed by atoms with Crippen molar-refractivity contribution in [3.8, 4) is 11.3 Å². The highest BCUT2D eigenvalue weighted by Gasteiger charge is 2.33. The zero-order valence-electron chi connectivity index (χ0n) is 16.1. The number of nitrogens with zero attached hydrogens (tertiary/aromatic N) is 4. The van der Waals surface area contributed by atoms with E-state index >= 15 is 0 Å². The van der Waals surface area contributed by atoms with E-state index in [2.05, 4.69) is 56.6 Å². The number of nitrogens with one attached hydrogen (secondary N) is 1.